The van der Waals surface area contributed by atoms with E-state index in [0.29, 0.717) is 11.5 Å². The van der Waals surface area contributed by atoms with E-state index in [2.05, 4.69) is 12.1 Å². The van der Waals surface area contributed by atoms with E-state index in [1.165, 1.54) is 0 Å². The number of hydrogen-bond donors (Lipinski definition) is 0. The number of hydrogen-bond acceptors (Lipinski definition) is 5. The van der Waals surface area contributed by atoms with E-state index in [1.807, 2.05) is 31.2 Å². The molecule has 0 atom stereocenters. The van der Waals surface area contributed by atoms with Crippen molar-refractivity contribution in [2.45, 2.75) is 6.92 Å². The molecule has 1 aliphatic rings. The molecule has 26 heavy (non-hydrogen) atoms. The topological polar surface area (TPSA) is 49.8 Å². The van der Waals surface area contributed by atoms with E-state index in [1.54, 1.807) is 14.2 Å². The van der Waals surface area contributed by atoms with Gasteiger partial charge >= 0.3 is 0 Å². The average molecular weight is 347 g/mol. The molecule has 3 aromatic carbocycles. The lowest BCUT2D eigenvalue weighted by Gasteiger charge is -2.13. The summed E-state index contributed by atoms with van der Waals surface area (Å²) in [6, 6.07) is 12.2. The highest BCUT2D eigenvalue weighted by Crippen LogP contribution is 2.41. The van der Waals surface area contributed by atoms with Crippen molar-refractivity contribution < 1.29 is 18.9 Å². The molecule has 5 heteroatoms. The van der Waals surface area contributed by atoms with Crippen molar-refractivity contribution in [3.05, 3.63) is 42.1 Å². The summed E-state index contributed by atoms with van der Waals surface area (Å²) in [5, 5.41) is 5.33. The highest BCUT2D eigenvalue weighted by atomic mass is 16.7. The van der Waals surface area contributed by atoms with Crippen molar-refractivity contribution in [1.29, 1.82) is 0 Å². The lowest BCUT2D eigenvalue weighted by atomic mass is 9.99. The fraction of sp³-hybridized carbons (Fsp3) is 0.190. The molecule has 0 bridgehead atoms. The molecule has 4 aromatic rings. The Morgan fingerprint density at radius 1 is 0.808 bits per heavy atom. The van der Waals surface area contributed by atoms with E-state index in [4.69, 9.17) is 23.9 Å². The summed E-state index contributed by atoms with van der Waals surface area (Å²) in [5.41, 5.74) is 1.89. The van der Waals surface area contributed by atoms with E-state index in [0.717, 1.165) is 49.6 Å². The minimum Gasteiger partial charge on any atom is -0.493 e. The quantitative estimate of drug-likeness (QED) is 0.496. The van der Waals surface area contributed by atoms with E-state index in [-0.39, 0.29) is 6.79 Å². The first-order valence-corrected chi connectivity index (χ1v) is 8.38. The molecule has 0 unspecified atom stereocenters. The van der Waals surface area contributed by atoms with Crippen LogP contribution in [0.15, 0.2) is 36.4 Å². The Morgan fingerprint density at radius 3 is 2.23 bits per heavy atom. The SMILES string of the molecule is COc1cc2c(C)nc3c4cc5c(cc4ccc3c2cc1OC)OCO5. The van der Waals surface area contributed by atoms with Crippen LogP contribution in [0.4, 0.5) is 0 Å². The molecule has 1 aliphatic heterocycles. The van der Waals surface area contributed by atoms with Gasteiger partial charge in [-0.25, -0.2) is 0 Å². The zero-order valence-corrected chi connectivity index (χ0v) is 14.8. The van der Waals surface area contributed by atoms with Crippen LogP contribution in [0.3, 0.4) is 0 Å². The van der Waals surface area contributed by atoms with Gasteiger partial charge in [0.05, 0.1) is 19.7 Å². The van der Waals surface area contributed by atoms with Gasteiger partial charge in [-0.15, -0.1) is 0 Å². The Morgan fingerprint density at radius 2 is 1.50 bits per heavy atom. The molecule has 0 aliphatic carbocycles. The van der Waals surface area contributed by atoms with Crippen molar-refractivity contribution in [2.24, 2.45) is 0 Å². The molecular weight excluding hydrogens is 330 g/mol. The van der Waals surface area contributed by atoms with Gasteiger partial charge in [0.15, 0.2) is 23.0 Å². The van der Waals surface area contributed by atoms with Gasteiger partial charge in [0.1, 0.15) is 0 Å². The smallest absolute Gasteiger partial charge is 0.231 e. The number of fused-ring (bicyclic) bond motifs is 6. The van der Waals surface area contributed by atoms with Gasteiger partial charge in [-0.3, -0.25) is 4.98 Å². The van der Waals surface area contributed by atoms with Gasteiger partial charge < -0.3 is 18.9 Å². The molecule has 0 saturated carbocycles. The standard InChI is InChI=1S/C21H17NO4/c1-11-14-7-17(23-2)18(24-3)9-16(14)13-5-4-12-6-19-20(26-10-25-19)8-15(12)21(13)22-11/h4-9H,10H2,1-3H3. The molecule has 130 valence electrons. The van der Waals surface area contributed by atoms with Gasteiger partial charge in [0, 0.05) is 21.9 Å². The summed E-state index contributed by atoms with van der Waals surface area (Å²) in [6.45, 7) is 2.27. The third-order valence-corrected chi connectivity index (χ3v) is 4.97. The second kappa shape index (κ2) is 5.39. The van der Waals surface area contributed by atoms with Crippen molar-refractivity contribution in [2.75, 3.05) is 21.0 Å². The number of ether oxygens (including phenoxy) is 4. The largest absolute Gasteiger partial charge is 0.493 e. The fourth-order valence-electron chi connectivity index (χ4n) is 3.66. The van der Waals surface area contributed by atoms with Crippen LogP contribution in [0.1, 0.15) is 5.69 Å². The Bertz CT molecular complexity index is 1200. The Kier molecular flexibility index (Phi) is 3.13. The van der Waals surface area contributed by atoms with Crippen LogP contribution in [0.25, 0.3) is 32.4 Å². The third kappa shape index (κ3) is 2.00. The molecular formula is C21H17NO4. The molecule has 5 rings (SSSR count). The van der Waals surface area contributed by atoms with Crippen LogP contribution >= 0.6 is 0 Å². The summed E-state index contributed by atoms with van der Waals surface area (Å²) in [5.74, 6) is 2.95. The first kappa shape index (κ1) is 15.1. The van der Waals surface area contributed by atoms with E-state index >= 15 is 0 Å². The van der Waals surface area contributed by atoms with Crippen molar-refractivity contribution >= 4 is 32.4 Å². The maximum absolute atomic E-state index is 5.55. The number of aromatic nitrogens is 1. The minimum atomic E-state index is 0.260. The van der Waals surface area contributed by atoms with Gasteiger partial charge in [-0.2, -0.15) is 0 Å². The summed E-state index contributed by atoms with van der Waals surface area (Å²) in [4.78, 5) is 4.90. The van der Waals surface area contributed by atoms with Gasteiger partial charge in [0.2, 0.25) is 6.79 Å². The van der Waals surface area contributed by atoms with Gasteiger partial charge in [-0.1, -0.05) is 12.1 Å². The number of benzene rings is 3. The first-order valence-electron chi connectivity index (χ1n) is 8.38. The number of methoxy groups -OCH3 is 2. The number of nitrogens with zero attached hydrogens (tertiary/aromatic N) is 1. The normalized spacial score (nSPS) is 12.9. The van der Waals surface area contributed by atoms with E-state index < -0.39 is 0 Å². The van der Waals surface area contributed by atoms with Crippen molar-refractivity contribution in [3.8, 4) is 23.0 Å². The summed E-state index contributed by atoms with van der Waals surface area (Å²) < 4.78 is 22.0. The third-order valence-electron chi connectivity index (χ3n) is 4.97. The lowest BCUT2D eigenvalue weighted by molar-refractivity contribution is 0.174. The molecule has 0 spiro atoms. The zero-order chi connectivity index (χ0) is 17.8. The van der Waals surface area contributed by atoms with Crippen molar-refractivity contribution in [3.63, 3.8) is 0 Å². The second-order valence-corrected chi connectivity index (χ2v) is 6.34. The highest BCUT2D eigenvalue weighted by Gasteiger charge is 2.18. The summed E-state index contributed by atoms with van der Waals surface area (Å²) in [7, 11) is 3.29. The van der Waals surface area contributed by atoms with Gasteiger partial charge in [-0.05, 0) is 42.0 Å². The van der Waals surface area contributed by atoms with Crippen LogP contribution < -0.4 is 18.9 Å². The zero-order valence-electron chi connectivity index (χ0n) is 14.8. The number of pyridine rings is 1. The molecule has 0 radical (unpaired) electrons. The lowest BCUT2D eigenvalue weighted by Crippen LogP contribution is -1.94. The number of aryl methyl sites for hydroxylation is 1. The minimum absolute atomic E-state index is 0.260. The second-order valence-electron chi connectivity index (χ2n) is 6.34. The molecule has 0 N–H and O–H groups in total. The van der Waals surface area contributed by atoms with Crippen LogP contribution in [0, 0.1) is 6.92 Å². The Hall–Kier alpha value is -3.21. The Balaban J connectivity index is 1.92. The fourth-order valence-corrected chi connectivity index (χ4v) is 3.66. The van der Waals surface area contributed by atoms with E-state index in [9.17, 15) is 0 Å². The summed E-state index contributed by atoms with van der Waals surface area (Å²) in [6.07, 6.45) is 0. The molecule has 0 fully saturated rings. The van der Waals surface area contributed by atoms with Crippen LogP contribution in [-0.2, 0) is 0 Å². The summed E-state index contributed by atoms with van der Waals surface area (Å²) >= 11 is 0. The predicted octanol–water partition coefficient (Wildman–Crippen LogP) is 4.60. The molecule has 0 amide bonds. The van der Waals surface area contributed by atoms with Crippen molar-refractivity contribution in [1.82, 2.24) is 4.98 Å². The molecule has 1 aromatic heterocycles. The average Bonchev–Trinajstić information content (AvgIpc) is 3.12. The monoisotopic (exact) mass is 347 g/mol. The molecule has 2 heterocycles. The molecule has 5 nitrogen and oxygen atoms in total. The maximum atomic E-state index is 5.55. The first-order chi connectivity index (χ1) is 12.7. The highest BCUT2D eigenvalue weighted by molar-refractivity contribution is 6.16. The molecule has 0 saturated heterocycles. The van der Waals surface area contributed by atoms with Crippen LogP contribution in [0.2, 0.25) is 0 Å². The number of rotatable bonds is 2. The Labute approximate surface area is 150 Å². The maximum Gasteiger partial charge on any atom is 0.231 e. The van der Waals surface area contributed by atoms with Crippen LogP contribution in [-0.4, -0.2) is 26.0 Å². The predicted molar refractivity (Wildman–Crippen MR) is 101 cm³/mol. The van der Waals surface area contributed by atoms with Gasteiger partial charge in [0.25, 0.3) is 0 Å². The van der Waals surface area contributed by atoms with Crippen LogP contribution in [0.5, 0.6) is 23.0 Å².